The highest BCUT2D eigenvalue weighted by molar-refractivity contribution is 5.56. The second-order valence-corrected chi connectivity index (χ2v) is 4.71. The Morgan fingerprint density at radius 2 is 2.18 bits per heavy atom. The van der Waals surface area contributed by atoms with Crippen molar-refractivity contribution in [2.75, 3.05) is 18.0 Å². The molecule has 1 aromatic rings. The van der Waals surface area contributed by atoms with Crippen LogP contribution in [0.15, 0.2) is 29.8 Å². The molecule has 0 fully saturated rings. The second kappa shape index (κ2) is 4.88. The number of nitrogens with two attached hydrogens (primary N) is 1. The number of hydrogen-bond acceptors (Lipinski definition) is 2. The summed E-state index contributed by atoms with van der Waals surface area (Å²) in [5.74, 6) is -0.205. The summed E-state index contributed by atoms with van der Waals surface area (Å²) in [6.07, 6.45) is 3.23. The molecule has 0 aliphatic carbocycles. The van der Waals surface area contributed by atoms with Crippen LogP contribution in [-0.2, 0) is 0 Å². The lowest BCUT2D eigenvalue weighted by atomic mass is 10.0. The van der Waals surface area contributed by atoms with E-state index < -0.39 is 0 Å². The quantitative estimate of drug-likeness (QED) is 0.797. The third-order valence-electron chi connectivity index (χ3n) is 3.26. The summed E-state index contributed by atoms with van der Waals surface area (Å²) in [5.41, 5.74) is 8.83. The Labute approximate surface area is 102 Å². The molecular weight excluding hydrogens is 215 g/mol. The molecule has 0 radical (unpaired) electrons. The fourth-order valence-corrected chi connectivity index (χ4v) is 2.24. The maximum absolute atomic E-state index is 13.8. The molecule has 17 heavy (non-hydrogen) atoms. The number of halogens is 1. The molecular formula is C14H19FN2. The summed E-state index contributed by atoms with van der Waals surface area (Å²) < 4.78 is 13.8. The van der Waals surface area contributed by atoms with Gasteiger partial charge in [0.1, 0.15) is 5.82 Å². The molecule has 1 aliphatic heterocycles. The van der Waals surface area contributed by atoms with Gasteiger partial charge in [-0.15, -0.1) is 0 Å². The van der Waals surface area contributed by atoms with Gasteiger partial charge in [-0.3, -0.25) is 0 Å². The first kappa shape index (κ1) is 12.1. The lowest BCUT2D eigenvalue weighted by molar-refractivity contribution is 0.591. The fourth-order valence-electron chi connectivity index (χ4n) is 2.24. The van der Waals surface area contributed by atoms with Crippen LogP contribution < -0.4 is 10.6 Å². The number of rotatable bonds is 2. The van der Waals surface area contributed by atoms with E-state index in [4.69, 9.17) is 5.73 Å². The molecule has 1 aromatic carbocycles. The summed E-state index contributed by atoms with van der Waals surface area (Å²) in [6, 6.07) is 4.91. The van der Waals surface area contributed by atoms with Gasteiger partial charge in [-0.1, -0.05) is 17.7 Å². The highest BCUT2D eigenvalue weighted by Crippen LogP contribution is 2.29. The minimum atomic E-state index is -0.279. The first-order valence-corrected chi connectivity index (χ1v) is 6.04. The molecule has 0 amide bonds. The summed E-state index contributed by atoms with van der Waals surface area (Å²) in [4.78, 5) is 2.19. The molecule has 1 heterocycles. The van der Waals surface area contributed by atoms with Crippen molar-refractivity contribution in [1.82, 2.24) is 0 Å². The fraction of sp³-hybridized carbons (Fsp3) is 0.429. The molecule has 92 valence electrons. The molecule has 0 saturated heterocycles. The van der Waals surface area contributed by atoms with Crippen LogP contribution in [0.2, 0.25) is 0 Å². The minimum Gasteiger partial charge on any atom is -0.367 e. The van der Waals surface area contributed by atoms with Crippen LogP contribution in [0, 0.1) is 5.82 Å². The van der Waals surface area contributed by atoms with E-state index in [1.807, 2.05) is 13.0 Å². The SMILES string of the molecule is CC1=CCN(c2cccc(F)c2[C@@H](C)N)CC1. The Morgan fingerprint density at radius 1 is 1.41 bits per heavy atom. The molecule has 1 aliphatic rings. The Morgan fingerprint density at radius 3 is 2.76 bits per heavy atom. The standard InChI is InChI=1S/C14H19FN2/c1-10-6-8-17(9-7-10)13-5-3-4-12(15)14(13)11(2)16/h3-6,11H,7-9,16H2,1-2H3/t11-/m1/s1. The highest BCUT2D eigenvalue weighted by atomic mass is 19.1. The topological polar surface area (TPSA) is 29.3 Å². The van der Waals surface area contributed by atoms with E-state index in [2.05, 4.69) is 17.9 Å². The van der Waals surface area contributed by atoms with E-state index in [0.29, 0.717) is 5.56 Å². The van der Waals surface area contributed by atoms with E-state index in [1.165, 1.54) is 11.6 Å². The largest absolute Gasteiger partial charge is 0.367 e. The third kappa shape index (κ3) is 2.50. The first-order valence-electron chi connectivity index (χ1n) is 6.04. The van der Waals surface area contributed by atoms with Crippen molar-refractivity contribution in [3.8, 4) is 0 Å². The Hall–Kier alpha value is -1.35. The van der Waals surface area contributed by atoms with E-state index >= 15 is 0 Å². The zero-order valence-corrected chi connectivity index (χ0v) is 10.4. The molecule has 1 atom stereocenters. The van der Waals surface area contributed by atoms with Crippen molar-refractivity contribution in [2.45, 2.75) is 26.3 Å². The van der Waals surface area contributed by atoms with Crippen molar-refractivity contribution in [2.24, 2.45) is 5.73 Å². The van der Waals surface area contributed by atoms with Gasteiger partial charge in [-0.05, 0) is 32.4 Å². The van der Waals surface area contributed by atoms with E-state index in [0.717, 1.165) is 25.2 Å². The van der Waals surface area contributed by atoms with Crippen LogP contribution in [0.1, 0.15) is 31.9 Å². The minimum absolute atomic E-state index is 0.205. The van der Waals surface area contributed by atoms with Crippen LogP contribution >= 0.6 is 0 Å². The average molecular weight is 234 g/mol. The van der Waals surface area contributed by atoms with Gasteiger partial charge < -0.3 is 10.6 Å². The predicted octanol–water partition coefficient (Wildman–Crippen LogP) is 3.00. The Bertz CT molecular complexity index is 438. The molecule has 0 spiro atoms. The highest BCUT2D eigenvalue weighted by Gasteiger charge is 2.18. The third-order valence-corrected chi connectivity index (χ3v) is 3.26. The van der Waals surface area contributed by atoms with E-state index in [1.54, 1.807) is 6.07 Å². The van der Waals surface area contributed by atoms with Gasteiger partial charge in [0.05, 0.1) is 0 Å². The normalized spacial score (nSPS) is 17.9. The van der Waals surface area contributed by atoms with Crippen LogP contribution in [0.5, 0.6) is 0 Å². The van der Waals surface area contributed by atoms with Gasteiger partial charge in [-0.25, -0.2) is 4.39 Å². The van der Waals surface area contributed by atoms with E-state index in [9.17, 15) is 4.39 Å². The van der Waals surface area contributed by atoms with Crippen LogP contribution in [0.3, 0.4) is 0 Å². The molecule has 0 saturated carbocycles. The van der Waals surface area contributed by atoms with Crippen LogP contribution in [0.25, 0.3) is 0 Å². The van der Waals surface area contributed by atoms with Crippen molar-refractivity contribution >= 4 is 5.69 Å². The summed E-state index contributed by atoms with van der Waals surface area (Å²) in [6.45, 7) is 5.74. The number of nitrogens with zero attached hydrogens (tertiary/aromatic N) is 1. The van der Waals surface area contributed by atoms with Gasteiger partial charge >= 0.3 is 0 Å². The van der Waals surface area contributed by atoms with Gasteiger partial charge in [0.15, 0.2) is 0 Å². The van der Waals surface area contributed by atoms with E-state index in [-0.39, 0.29) is 11.9 Å². The molecule has 3 heteroatoms. The molecule has 2 N–H and O–H groups in total. The van der Waals surface area contributed by atoms with Gasteiger partial charge in [0.25, 0.3) is 0 Å². The molecule has 0 bridgehead atoms. The van der Waals surface area contributed by atoms with Crippen molar-refractivity contribution in [3.63, 3.8) is 0 Å². The average Bonchev–Trinajstić information content (AvgIpc) is 2.29. The van der Waals surface area contributed by atoms with Crippen molar-refractivity contribution in [1.29, 1.82) is 0 Å². The lowest BCUT2D eigenvalue weighted by Gasteiger charge is -2.30. The van der Waals surface area contributed by atoms with Crippen molar-refractivity contribution < 1.29 is 4.39 Å². The maximum atomic E-state index is 13.8. The lowest BCUT2D eigenvalue weighted by Crippen LogP contribution is -2.30. The molecule has 0 unspecified atom stereocenters. The zero-order chi connectivity index (χ0) is 12.4. The van der Waals surface area contributed by atoms with Crippen LogP contribution in [-0.4, -0.2) is 13.1 Å². The molecule has 0 aromatic heterocycles. The molecule has 2 nitrogen and oxygen atoms in total. The summed E-state index contributed by atoms with van der Waals surface area (Å²) in [5, 5.41) is 0. The van der Waals surface area contributed by atoms with Gasteiger partial charge in [0.2, 0.25) is 0 Å². The summed E-state index contributed by atoms with van der Waals surface area (Å²) in [7, 11) is 0. The van der Waals surface area contributed by atoms with Gasteiger partial charge in [-0.2, -0.15) is 0 Å². The maximum Gasteiger partial charge on any atom is 0.130 e. The number of anilines is 1. The first-order chi connectivity index (χ1) is 8.09. The summed E-state index contributed by atoms with van der Waals surface area (Å²) >= 11 is 0. The van der Waals surface area contributed by atoms with Crippen molar-refractivity contribution in [3.05, 3.63) is 41.2 Å². The number of hydrogen-bond donors (Lipinski definition) is 1. The zero-order valence-electron chi connectivity index (χ0n) is 10.4. The Kier molecular flexibility index (Phi) is 3.48. The monoisotopic (exact) mass is 234 g/mol. The predicted molar refractivity (Wildman–Crippen MR) is 69.6 cm³/mol. The second-order valence-electron chi connectivity index (χ2n) is 4.71. The Balaban J connectivity index is 2.35. The smallest absolute Gasteiger partial charge is 0.130 e. The van der Waals surface area contributed by atoms with Crippen LogP contribution in [0.4, 0.5) is 10.1 Å². The molecule has 2 rings (SSSR count). The van der Waals surface area contributed by atoms with Gasteiger partial charge in [0, 0.05) is 30.4 Å². The number of benzene rings is 1.